The smallest absolute Gasteiger partial charge is 0.416 e. The number of carbonyl (C=O) groups excluding carboxylic acids is 1. The number of nitrogens with one attached hydrogen (secondary N) is 3. The number of hydrogen-bond donors (Lipinski definition) is 3. The van der Waals surface area contributed by atoms with E-state index in [0.29, 0.717) is 17.1 Å². The zero-order valence-corrected chi connectivity index (χ0v) is 20.1. The molecule has 2 aromatic carbocycles. The van der Waals surface area contributed by atoms with Gasteiger partial charge in [0.25, 0.3) is 0 Å². The molecule has 0 fully saturated rings. The van der Waals surface area contributed by atoms with Gasteiger partial charge in [-0.1, -0.05) is 0 Å². The number of hydrogen-bond acceptors (Lipinski definition) is 5. The van der Waals surface area contributed by atoms with Crippen LogP contribution >= 0.6 is 0 Å². The summed E-state index contributed by atoms with van der Waals surface area (Å²) in [5, 5.41) is 11.3. The van der Waals surface area contributed by atoms with Gasteiger partial charge < -0.3 is 19.9 Å². The van der Waals surface area contributed by atoms with Crippen LogP contribution in [0.15, 0.2) is 79.6 Å². The van der Waals surface area contributed by atoms with Crippen molar-refractivity contribution in [2.45, 2.75) is 13.1 Å². The second kappa shape index (κ2) is 10.3. The fourth-order valence-corrected chi connectivity index (χ4v) is 3.66. The van der Waals surface area contributed by atoms with Gasteiger partial charge in [0.15, 0.2) is 11.6 Å². The standard InChI is InChI=1S/C26H19F4N7O2/c1-15-13-37(14-32-15)20-7-17(26(28,29)30)6-19(8-20)36-25(38)35-18-2-3-24(22(27)9-18)39-21-4-5-31-23(10-21)16-11-33-34-12-16/h2-14H,1H3,(H,33,34)(H2,35,36,38). The number of aromatic nitrogens is 5. The van der Waals surface area contributed by atoms with Crippen molar-refractivity contribution in [3.05, 3.63) is 96.7 Å². The quantitative estimate of drug-likeness (QED) is 0.213. The molecule has 0 radical (unpaired) electrons. The third kappa shape index (κ3) is 6.04. The van der Waals surface area contributed by atoms with Crippen molar-refractivity contribution in [1.82, 2.24) is 24.7 Å². The molecule has 5 rings (SSSR count). The van der Waals surface area contributed by atoms with E-state index in [1.54, 1.807) is 37.6 Å². The second-order valence-electron chi connectivity index (χ2n) is 8.38. The van der Waals surface area contributed by atoms with Crippen LogP contribution < -0.4 is 15.4 Å². The molecular weight excluding hydrogens is 518 g/mol. The lowest BCUT2D eigenvalue weighted by atomic mass is 10.1. The number of nitrogens with zero attached hydrogens (tertiary/aromatic N) is 4. The molecule has 0 atom stereocenters. The number of rotatable bonds is 6. The first kappa shape index (κ1) is 25.4. The van der Waals surface area contributed by atoms with E-state index in [0.717, 1.165) is 23.8 Å². The van der Waals surface area contributed by atoms with Crippen molar-refractivity contribution < 1.29 is 27.1 Å². The number of anilines is 2. The number of carbonyl (C=O) groups is 1. The molecule has 13 heteroatoms. The highest BCUT2D eigenvalue weighted by atomic mass is 19.4. The number of aromatic amines is 1. The number of pyridine rings is 1. The Morgan fingerprint density at radius 1 is 1.03 bits per heavy atom. The van der Waals surface area contributed by atoms with Gasteiger partial charge in [-0.05, 0) is 43.3 Å². The summed E-state index contributed by atoms with van der Waals surface area (Å²) in [7, 11) is 0. The highest BCUT2D eigenvalue weighted by Gasteiger charge is 2.31. The van der Waals surface area contributed by atoms with Crippen LogP contribution in [0.1, 0.15) is 11.3 Å². The van der Waals surface area contributed by atoms with Crippen LogP contribution in [0.25, 0.3) is 16.9 Å². The molecule has 0 spiro atoms. The van der Waals surface area contributed by atoms with Gasteiger partial charge in [-0.3, -0.25) is 10.1 Å². The third-order valence-corrected chi connectivity index (χ3v) is 5.46. The number of imidazole rings is 1. The Kier molecular flexibility index (Phi) is 6.71. The Morgan fingerprint density at radius 3 is 2.54 bits per heavy atom. The molecule has 5 aromatic rings. The number of H-pyrrole nitrogens is 1. The van der Waals surface area contributed by atoms with Gasteiger partial charge in [0, 0.05) is 53.3 Å². The van der Waals surface area contributed by atoms with Crippen molar-refractivity contribution in [2.75, 3.05) is 10.6 Å². The van der Waals surface area contributed by atoms with Gasteiger partial charge in [-0.2, -0.15) is 18.3 Å². The van der Waals surface area contributed by atoms with Crippen LogP contribution in [-0.2, 0) is 6.18 Å². The molecule has 9 nitrogen and oxygen atoms in total. The molecule has 0 saturated heterocycles. The number of benzene rings is 2. The molecule has 3 N–H and O–H groups in total. The van der Waals surface area contributed by atoms with Crippen LogP contribution in [-0.4, -0.2) is 30.8 Å². The predicted octanol–water partition coefficient (Wildman–Crippen LogP) is 6.56. The van der Waals surface area contributed by atoms with Gasteiger partial charge in [0.05, 0.1) is 29.5 Å². The van der Waals surface area contributed by atoms with Gasteiger partial charge >= 0.3 is 12.2 Å². The van der Waals surface area contributed by atoms with Crippen LogP contribution in [0, 0.1) is 12.7 Å². The van der Waals surface area contributed by atoms with Crippen LogP contribution in [0.4, 0.5) is 33.7 Å². The molecule has 198 valence electrons. The molecule has 0 unspecified atom stereocenters. The second-order valence-corrected chi connectivity index (χ2v) is 8.38. The van der Waals surface area contributed by atoms with E-state index in [2.05, 4.69) is 30.8 Å². The summed E-state index contributed by atoms with van der Waals surface area (Å²) in [5.41, 5.74) is 1.04. The Morgan fingerprint density at radius 2 is 1.85 bits per heavy atom. The van der Waals surface area contributed by atoms with Gasteiger partial charge in [0.2, 0.25) is 0 Å². The molecule has 0 aliphatic heterocycles. The fourth-order valence-electron chi connectivity index (χ4n) is 3.66. The van der Waals surface area contributed by atoms with E-state index in [9.17, 15) is 22.4 Å². The molecule has 3 heterocycles. The van der Waals surface area contributed by atoms with Gasteiger partial charge in [-0.25, -0.2) is 14.2 Å². The average molecular weight is 537 g/mol. The first-order valence-corrected chi connectivity index (χ1v) is 11.4. The Balaban J connectivity index is 1.30. The number of ether oxygens (including phenoxy) is 1. The van der Waals surface area contributed by atoms with Crippen LogP contribution in [0.5, 0.6) is 11.5 Å². The first-order valence-electron chi connectivity index (χ1n) is 11.4. The van der Waals surface area contributed by atoms with Crippen molar-refractivity contribution in [2.24, 2.45) is 0 Å². The van der Waals surface area contributed by atoms with E-state index >= 15 is 0 Å². The SMILES string of the molecule is Cc1cn(-c2cc(NC(=O)Nc3ccc(Oc4ccnc(-c5cn[nH]c5)c4)c(F)c3)cc(C(F)(F)F)c2)cn1. The molecule has 3 aromatic heterocycles. The monoisotopic (exact) mass is 537 g/mol. The minimum atomic E-state index is -4.65. The minimum Gasteiger partial charge on any atom is -0.454 e. The van der Waals surface area contributed by atoms with Crippen molar-refractivity contribution >= 4 is 17.4 Å². The molecule has 0 saturated carbocycles. The molecule has 0 bridgehead atoms. The normalized spacial score (nSPS) is 11.3. The molecule has 0 aliphatic carbocycles. The summed E-state index contributed by atoms with van der Waals surface area (Å²) >= 11 is 0. The lowest BCUT2D eigenvalue weighted by molar-refractivity contribution is -0.137. The van der Waals surface area contributed by atoms with E-state index in [1.165, 1.54) is 35.3 Å². The maximum absolute atomic E-state index is 14.8. The number of aryl methyl sites for hydroxylation is 1. The highest BCUT2D eigenvalue weighted by molar-refractivity contribution is 6.00. The number of urea groups is 1. The zero-order chi connectivity index (χ0) is 27.6. The Bertz CT molecular complexity index is 1630. The zero-order valence-electron chi connectivity index (χ0n) is 20.1. The van der Waals surface area contributed by atoms with E-state index < -0.39 is 23.6 Å². The highest BCUT2D eigenvalue weighted by Crippen LogP contribution is 2.33. The Hall–Kier alpha value is -5.20. The van der Waals surface area contributed by atoms with E-state index in [1.807, 2.05) is 0 Å². The summed E-state index contributed by atoms with van der Waals surface area (Å²) < 4.78 is 62.2. The summed E-state index contributed by atoms with van der Waals surface area (Å²) in [6.45, 7) is 1.70. The van der Waals surface area contributed by atoms with Gasteiger partial charge in [0.1, 0.15) is 5.75 Å². The lowest BCUT2D eigenvalue weighted by Crippen LogP contribution is -2.20. The molecular formula is C26H19F4N7O2. The van der Waals surface area contributed by atoms with Crippen molar-refractivity contribution in [3.8, 4) is 28.4 Å². The first-order chi connectivity index (χ1) is 18.6. The average Bonchev–Trinajstić information content (AvgIpc) is 3.57. The molecule has 0 aliphatic rings. The van der Waals surface area contributed by atoms with Crippen LogP contribution in [0.3, 0.4) is 0 Å². The maximum atomic E-state index is 14.8. The maximum Gasteiger partial charge on any atom is 0.416 e. The van der Waals surface area contributed by atoms with Gasteiger partial charge in [-0.15, -0.1) is 0 Å². The lowest BCUT2D eigenvalue weighted by Gasteiger charge is -2.14. The summed E-state index contributed by atoms with van der Waals surface area (Å²) in [6.07, 6.45) is 3.00. The summed E-state index contributed by atoms with van der Waals surface area (Å²) in [5.74, 6) is -0.554. The van der Waals surface area contributed by atoms with Crippen molar-refractivity contribution in [3.63, 3.8) is 0 Å². The third-order valence-electron chi connectivity index (χ3n) is 5.46. The molecule has 2 amide bonds. The molecule has 39 heavy (non-hydrogen) atoms. The van der Waals surface area contributed by atoms with Crippen LogP contribution in [0.2, 0.25) is 0 Å². The van der Waals surface area contributed by atoms with Crippen molar-refractivity contribution in [1.29, 1.82) is 0 Å². The number of halogens is 4. The number of alkyl halides is 3. The van der Waals surface area contributed by atoms with E-state index in [4.69, 9.17) is 4.74 Å². The minimum absolute atomic E-state index is 0.0589. The largest absolute Gasteiger partial charge is 0.454 e. The predicted molar refractivity (Wildman–Crippen MR) is 134 cm³/mol. The van der Waals surface area contributed by atoms with E-state index in [-0.39, 0.29) is 22.8 Å². The number of amides is 2. The fraction of sp³-hybridized carbons (Fsp3) is 0.0769. The summed E-state index contributed by atoms with van der Waals surface area (Å²) in [6, 6.07) is 9.13. The Labute approximate surface area is 218 Å². The summed E-state index contributed by atoms with van der Waals surface area (Å²) in [4.78, 5) is 20.8. The topological polar surface area (TPSA) is 110 Å².